The van der Waals surface area contributed by atoms with Gasteiger partial charge in [-0.2, -0.15) is 0 Å². The van der Waals surface area contributed by atoms with Gasteiger partial charge in [-0.3, -0.25) is 0 Å². The van der Waals surface area contributed by atoms with Crippen LogP contribution in [-0.4, -0.2) is 21.5 Å². The first-order valence-corrected chi connectivity index (χ1v) is 7.27. The molecule has 3 aromatic rings. The number of anilines is 1. The molecule has 102 valence electrons. The van der Waals surface area contributed by atoms with Crippen LogP contribution in [0, 0.1) is 5.82 Å². The predicted octanol–water partition coefficient (Wildman–Crippen LogP) is 3.71. The Morgan fingerprint density at radius 1 is 1.30 bits per heavy atom. The Bertz CT molecular complexity index is 741. The van der Waals surface area contributed by atoms with E-state index in [9.17, 15) is 4.39 Å². The molecule has 0 saturated carbocycles. The number of rotatable bonds is 4. The van der Waals surface area contributed by atoms with Crippen molar-refractivity contribution in [3.05, 3.63) is 35.6 Å². The fourth-order valence-corrected chi connectivity index (χ4v) is 2.65. The van der Waals surface area contributed by atoms with Gasteiger partial charge in [-0.25, -0.2) is 19.3 Å². The van der Waals surface area contributed by atoms with E-state index < -0.39 is 5.82 Å². The van der Waals surface area contributed by atoms with E-state index >= 15 is 0 Å². The number of fused-ring (bicyclic) bond motifs is 1. The number of nitrogens with one attached hydrogen (secondary N) is 1. The number of aromatic nitrogens is 3. The lowest BCUT2D eigenvalue weighted by molar-refractivity contribution is 0.624. The summed E-state index contributed by atoms with van der Waals surface area (Å²) in [6, 6.07) is 4.89. The molecule has 0 spiro atoms. The molecule has 0 aliphatic carbocycles. The first-order chi connectivity index (χ1) is 9.79. The first kappa shape index (κ1) is 12.9. The monoisotopic (exact) mass is 288 g/mol. The van der Waals surface area contributed by atoms with E-state index in [0.717, 1.165) is 29.0 Å². The number of hydrogen-bond acceptors (Lipinski definition) is 5. The molecule has 0 aliphatic rings. The van der Waals surface area contributed by atoms with E-state index in [4.69, 9.17) is 0 Å². The molecule has 3 rings (SSSR count). The highest BCUT2D eigenvalue weighted by atomic mass is 32.1. The minimum atomic E-state index is -0.412. The molecule has 3 heterocycles. The van der Waals surface area contributed by atoms with Crippen molar-refractivity contribution in [3.63, 3.8) is 0 Å². The van der Waals surface area contributed by atoms with E-state index in [2.05, 4.69) is 27.2 Å². The maximum absolute atomic E-state index is 13.8. The zero-order valence-electron chi connectivity index (χ0n) is 10.9. The third-order valence-corrected chi connectivity index (χ3v) is 3.64. The minimum absolute atomic E-state index is 0.183. The molecular weight excluding hydrogens is 275 g/mol. The SMILES string of the molecule is CCCNc1nc(-c2ncccc2F)nc2sccc12. The van der Waals surface area contributed by atoms with Crippen molar-refractivity contribution < 1.29 is 4.39 Å². The third kappa shape index (κ3) is 2.34. The first-order valence-electron chi connectivity index (χ1n) is 6.39. The summed E-state index contributed by atoms with van der Waals surface area (Å²) in [5.41, 5.74) is 0.183. The average Bonchev–Trinajstić information content (AvgIpc) is 2.93. The third-order valence-electron chi connectivity index (χ3n) is 2.84. The Morgan fingerprint density at radius 3 is 3.00 bits per heavy atom. The second kappa shape index (κ2) is 5.50. The van der Waals surface area contributed by atoms with Crippen LogP contribution in [0.1, 0.15) is 13.3 Å². The smallest absolute Gasteiger partial charge is 0.184 e. The summed E-state index contributed by atoms with van der Waals surface area (Å²) in [4.78, 5) is 13.7. The fraction of sp³-hybridized carbons (Fsp3) is 0.214. The minimum Gasteiger partial charge on any atom is -0.369 e. The fourth-order valence-electron chi connectivity index (χ4n) is 1.89. The van der Waals surface area contributed by atoms with Crippen molar-refractivity contribution >= 4 is 27.4 Å². The van der Waals surface area contributed by atoms with Crippen LogP contribution in [0.3, 0.4) is 0 Å². The number of hydrogen-bond donors (Lipinski definition) is 1. The van der Waals surface area contributed by atoms with E-state index in [0.29, 0.717) is 5.82 Å². The van der Waals surface area contributed by atoms with Crippen molar-refractivity contribution in [2.24, 2.45) is 0 Å². The van der Waals surface area contributed by atoms with Crippen molar-refractivity contribution in [1.29, 1.82) is 0 Å². The summed E-state index contributed by atoms with van der Waals surface area (Å²) in [5.74, 6) is 0.639. The van der Waals surface area contributed by atoms with Gasteiger partial charge in [-0.1, -0.05) is 6.92 Å². The molecule has 4 nitrogen and oxygen atoms in total. The van der Waals surface area contributed by atoms with E-state index in [1.165, 1.54) is 17.4 Å². The van der Waals surface area contributed by atoms with Crippen LogP contribution in [0.15, 0.2) is 29.8 Å². The molecule has 3 aromatic heterocycles. The van der Waals surface area contributed by atoms with Gasteiger partial charge < -0.3 is 5.32 Å². The summed E-state index contributed by atoms with van der Waals surface area (Å²) in [5, 5.41) is 6.17. The van der Waals surface area contributed by atoms with Gasteiger partial charge in [-0.05, 0) is 30.0 Å². The van der Waals surface area contributed by atoms with Crippen LogP contribution in [0.2, 0.25) is 0 Å². The number of nitrogens with zero attached hydrogens (tertiary/aromatic N) is 3. The van der Waals surface area contributed by atoms with Crippen LogP contribution in [0.25, 0.3) is 21.7 Å². The number of thiophene rings is 1. The topological polar surface area (TPSA) is 50.7 Å². The van der Waals surface area contributed by atoms with Crippen molar-refractivity contribution in [3.8, 4) is 11.5 Å². The predicted molar refractivity (Wildman–Crippen MR) is 79.4 cm³/mol. The summed E-state index contributed by atoms with van der Waals surface area (Å²) in [7, 11) is 0. The highest BCUT2D eigenvalue weighted by molar-refractivity contribution is 7.16. The largest absolute Gasteiger partial charge is 0.369 e. The quantitative estimate of drug-likeness (QED) is 0.795. The average molecular weight is 288 g/mol. The highest BCUT2D eigenvalue weighted by Gasteiger charge is 2.14. The van der Waals surface area contributed by atoms with Gasteiger partial charge in [0.25, 0.3) is 0 Å². The molecular formula is C14H13FN4S. The van der Waals surface area contributed by atoms with Gasteiger partial charge in [0.2, 0.25) is 0 Å². The van der Waals surface area contributed by atoms with Crippen molar-refractivity contribution in [2.75, 3.05) is 11.9 Å². The van der Waals surface area contributed by atoms with Crippen LogP contribution >= 0.6 is 11.3 Å². The summed E-state index contributed by atoms with van der Waals surface area (Å²) >= 11 is 1.51. The van der Waals surface area contributed by atoms with Gasteiger partial charge in [0.15, 0.2) is 11.6 Å². The second-order valence-corrected chi connectivity index (χ2v) is 5.19. The number of halogens is 1. The lowest BCUT2D eigenvalue weighted by Crippen LogP contribution is -2.04. The summed E-state index contributed by atoms with van der Waals surface area (Å²) < 4.78 is 13.8. The Kier molecular flexibility index (Phi) is 3.56. The molecule has 0 saturated heterocycles. The molecule has 0 atom stereocenters. The normalized spacial score (nSPS) is 10.9. The van der Waals surface area contributed by atoms with E-state index in [1.807, 2.05) is 11.4 Å². The van der Waals surface area contributed by atoms with Crippen LogP contribution in [0.5, 0.6) is 0 Å². The van der Waals surface area contributed by atoms with Crippen LogP contribution in [-0.2, 0) is 0 Å². The van der Waals surface area contributed by atoms with E-state index in [-0.39, 0.29) is 5.69 Å². The van der Waals surface area contributed by atoms with Gasteiger partial charge >= 0.3 is 0 Å². The molecule has 1 N–H and O–H groups in total. The van der Waals surface area contributed by atoms with Gasteiger partial charge in [0, 0.05) is 12.7 Å². The van der Waals surface area contributed by atoms with E-state index in [1.54, 1.807) is 12.3 Å². The molecule has 0 radical (unpaired) electrons. The summed E-state index contributed by atoms with van der Waals surface area (Å²) in [6.45, 7) is 2.89. The zero-order chi connectivity index (χ0) is 13.9. The van der Waals surface area contributed by atoms with Gasteiger partial charge in [0.1, 0.15) is 16.3 Å². The maximum atomic E-state index is 13.8. The molecule has 0 amide bonds. The molecule has 0 fully saturated rings. The van der Waals surface area contributed by atoms with Crippen molar-refractivity contribution in [2.45, 2.75) is 13.3 Å². The zero-order valence-corrected chi connectivity index (χ0v) is 11.7. The molecule has 6 heteroatoms. The summed E-state index contributed by atoms with van der Waals surface area (Å²) in [6.07, 6.45) is 2.53. The lowest BCUT2D eigenvalue weighted by atomic mass is 10.3. The Hall–Kier alpha value is -2.08. The molecule has 20 heavy (non-hydrogen) atoms. The maximum Gasteiger partial charge on any atom is 0.184 e. The number of pyridine rings is 1. The van der Waals surface area contributed by atoms with Crippen molar-refractivity contribution in [1.82, 2.24) is 15.0 Å². The molecule has 0 unspecified atom stereocenters. The Morgan fingerprint density at radius 2 is 2.20 bits per heavy atom. The van der Waals surface area contributed by atoms with Gasteiger partial charge in [-0.15, -0.1) is 11.3 Å². The molecule has 0 aromatic carbocycles. The van der Waals surface area contributed by atoms with Crippen LogP contribution in [0.4, 0.5) is 10.2 Å². The Balaban J connectivity index is 2.14. The van der Waals surface area contributed by atoms with Gasteiger partial charge in [0.05, 0.1) is 5.39 Å². The second-order valence-electron chi connectivity index (χ2n) is 4.30. The standard InChI is InChI=1S/C14H13FN4S/c1-2-6-17-12-9-5-8-20-14(9)19-13(18-12)11-10(15)4-3-7-16-11/h3-5,7-8H,2,6H2,1H3,(H,17,18,19). The Labute approximate surface area is 119 Å². The highest BCUT2D eigenvalue weighted by Crippen LogP contribution is 2.28. The molecule has 0 aliphatic heterocycles. The van der Waals surface area contributed by atoms with Crippen LogP contribution < -0.4 is 5.32 Å². The molecule has 0 bridgehead atoms. The lowest BCUT2D eigenvalue weighted by Gasteiger charge is -2.08.